The molecule has 6 heteroatoms. The summed E-state index contributed by atoms with van der Waals surface area (Å²) in [5.41, 5.74) is 0.747. The topological polar surface area (TPSA) is 37.4 Å². The van der Waals surface area contributed by atoms with Gasteiger partial charge in [0.2, 0.25) is 5.91 Å². The van der Waals surface area contributed by atoms with E-state index in [0.29, 0.717) is 22.1 Å². The van der Waals surface area contributed by atoms with Crippen LogP contribution in [0.1, 0.15) is 19.8 Å². The summed E-state index contributed by atoms with van der Waals surface area (Å²) in [4.78, 5) is 13.9. The van der Waals surface area contributed by atoms with Crippen molar-refractivity contribution >= 4 is 16.7 Å². The highest BCUT2D eigenvalue weighted by Crippen LogP contribution is 2.26. The van der Waals surface area contributed by atoms with Gasteiger partial charge >= 0.3 is 0 Å². The highest BCUT2D eigenvalue weighted by molar-refractivity contribution is 7.85. The summed E-state index contributed by atoms with van der Waals surface area (Å²) in [5.74, 6) is -0.0145. The van der Waals surface area contributed by atoms with Crippen LogP contribution in [0.15, 0.2) is 47.4 Å². The Labute approximate surface area is 154 Å². The van der Waals surface area contributed by atoms with Gasteiger partial charge in [0.25, 0.3) is 0 Å². The molecule has 0 spiro atoms. The number of carbonyl (C=O) groups excluding carboxylic acids is 1. The van der Waals surface area contributed by atoms with Crippen LogP contribution in [0.2, 0.25) is 0 Å². The number of hydrogen-bond acceptors (Lipinski definition) is 2. The Hall–Kier alpha value is -2.08. The lowest BCUT2D eigenvalue weighted by atomic mass is 9.99. The van der Waals surface area contributed by atoms with Crippen molar-refractivity contribution in [1.29, 1.82) is 0 Å². The van der Waals surface area contributed by atoms with Crippen molar-refractivity contribution in [1.82, 2.24) is 4.90 Å². The third kappa shape index (κ3) is 4.36. The monoisotopic (exact) mass is 377 g/mol. The Kier molecular flexibility index (Phi) is 5.81. The lowest BCUT2D eigenvalue weighted by molar-refractivity contribution is -0.130. The number of nitrogens with zero attached hydrogens (tertiary/aromatic N) is 1. The van der Waals surface area contributed by atoms with E-state index in [1.807, 2.05) is 4.90 Å². The number of halogens is 2. The first-order valence-electron chi connectivity index (χ1n) is 8.63. The van der Waals surface area contributed by atoms with Gasteiger partial charge in [0.15, 0.2) is 0 Å². The molecule has 3 nitrogen and oxygen atoms in total. The molecule has 1 aliphatic heterocycles. The van der Waals surface area contributed by atoms with Crippen LogP contribution in [0.25, 0.3) is 11.1 Å². The van der Waals surface area contributed by atoms with E-state index in [1.54, 1.807) is 31.2 Å². The van der Waals surface area contributed by atoms with Crippen molar-refractivity contribution in [2.24, 2.45) is 5.92 Å². The van der Waals surface area contributed by atoms with Crippen LogP contribution in [0, 0.1) is 17.6 Å². The van der Waals surface area contributed by atoms with Gasteiger partial charge in [0.05, 0.1) is 10.8 Å². The molecule has 0 bridgehead atoms. The predicted molar refractivity (Wildman–Crippen MR) is 98.0 cm³/mol. The molecule has 1 unspecified atom stereocenters. The second kappa shape index (κ2) is 8.08. The average molecular weight is 377 g/mol. The first kappa shape index (κ1) is 18.7. The quantitative estimate of drug-likeness (QED) is 0.808. The molecule has 0 radical (unpaired) electrons. The maximum atomic E-state index is 13.9. The number of piperidine rings is 1. The van der Waals surface area contributed by atoms with Crippen molar-refractivity contribution in [3.63, 3.8) is 0 Å². The maximum absolute atomic E-state index is 13.9. The zero-order chi connectivity index (χ0) is 18.7. The van der Waals surface area contributed by atoms with Crippen molar-refractivity contribution < 1.29 is 17.8 Å². The van der Waals surface area contributed by atoms with Crippen LogP contribution in [0.5, 0.6) is 0 Å². The number of amides is 1. The number of benzene rings is 2. The van der Waals surface area contributed by atoms with Crippen LogP contribution in [0.4, 0.5) is 8.78 Å². The summed E-state index contributed by atoms with van der Waals surface area (Å²) in [6.07, 6.45) is 1.72. The molecule has 0 saturated carbocycles. The highest BCUT2D eigenvalue weighted by Gasteiger charge is 2.22. The molecule has 1 heterocycles. The summed E-state index contributed by atoms with van der Waals surface area (Å²) >= 11 is 0. The molecule has 0 aliphatic carbocycles. The van der Waals surface area contributed by atoms with E-state index in [0.717, 1.165) is 44.1 Å². The van der Waals surface area contributed by atoms with Crippen LogP contribution in [-0.2, 0) is 15.6 Å². The van der Waals surface area contributed by atoms with Crippen LogP contribution < -0.4 is 0 Å². The number of hydrogen-bond donors (Lipinski definition) is 0. The van der Waals surface area contributed by atoms with E-state index in [-0.39, 0.29) is 11.5 Å². The third-order valence-electron chi connectivity index (χ3n) is 4.80. The minimum absolute atomic E-state index is 0.0877. The Bertz CT molecular complexity index is 815. The fourth-order valence-corrected chi connectivity index (χ4v) is 4.62. The first-order chi connectivity index (χ1) is 12.4. The van der Waals surface area contributed by atoms with E-state index in [2.05, 4.69) is 0 Å². The zero-order valence-electron chi connectivity index (χ0n) is 14.6. The van der Waals surface area contributed by atoms with Gasteiger partial charge in [-0.1, -0.05) is 12.1 Å². The molecule has 2 aromatic carbocycles. The Balaban J connectivity index is 1.64. The maximum Gasteiger partial charge on any atom is 0.219 e. The largest absolute Gasteiger partial charge is 0.343 e. The van der Waals surface area contributed by atoms with Gasteiger partial charge < -0.3 is 4.90 Å². The molecule has 2 aromatic rings. The summed E-state index contributed by atoms with van der Waals surface area (Å²) in [5, 5.41) is 0. The molecule has 138 valence electrons. The van der Waals surface area contributed by atoms with Crippen LogP contribution in [0.3, 0.4) is 0 Å². The van der Waals surface area contributed by atoms with Crippen molar-refractivity contribution in [2.45, 2.75) is 24.7 Å². The average Bonchev–Trinajstić information content (AvgIpc) is 2.64. The summed E-state index contributed by atoms with van der Waals surface area (Å²) in [7, 11) is -1.15. The Morgan fingerprint density at radius 3 is 2.38 bits per heavy atom. The minimum atomic E-state index is -1.15. The lowest BCUT2D eigenvalue weighted by Gasteiger charge is -2.31. The molecule has 0 aromatic heterocycles. The molecular weight excluding hydrogens is 356 g/mol. The standard InChI is InChI=1S/C20H21F2NO2S/c1-14(24)23-10-8-15(9-11-23)13-26(25)18-5-2-16(3-6-18)19-12-17(21)4-7-20(19)22/h2-7,12,15H,8-11,13H2,1H3. The van der Waals surface area contributed by atoms with Gasteiger partial charge in [-0.25, -0.2) is 8.78 Å². The molecule has 0 N–H and O–H groups in total. The van der Waals surface area contributed by atoms with Gasteiger partial charge in [-0.15, -0.1) is 0 Å². The first-order valence-corrected chi connectivity index (χ1v) is 9.95. The van der Waals surface area contributed by atoms with E-state index in [9.17, 15) is 17.8 Å². The molecule has 1 aliphatic rings. The smallest absolute Gasteiger partial charge is 0.219 e. The SMILES string of the molecule is CC(=O)N1CCC(CS(=O)c2ccc(-c3cc(F)ccc3F)cc2)CC1. The predicted octanol–water partition coefficient (Wildman–Crippen LogP) is 4.00. The molecule has 1 saturated heterocycles. The summed E-state index contributed by atoms with van der Waals surface area (Å²) in [6, 6.07) is 10.1. The summed E-state index contributed by atoms with van der Waals surface area (Å²) < 4.78 is 39.8. The Morgan fingerprint density at radius 1 is 1.12 bits per heavy atom. The molecule has 3 rings (SSSR count). The van der Waals surface area contributed by atoms with Crippen LogP contribution in [-0.4, -0.2) is 33.9 Å². The number of likely N-dealkylation sites (tertiary alicyclic amines) is 1. The Morgan fingerprint density at radius 2 is 1.77 bits per heavy atom. The second-order valence-electron chi connectivity index (χ2n) is 6.61. The van der Waals surface area contributed by atoms with Crippen molar-refractivity contribution in [3.8, 4) is 11.1 Å². The minimum Gasteiger partial charge on any atom is -0.343 e. The van der Waals surface area contributed by atoms with Gasteiger partial charge in [-0.05, 0) is 54.7 Å². The van der Waals surface area contributed by atoms with Gasteiger partial charge in [0, 0.05) is 36.2 Å². The molecule has 1 atom stereocenters. The van der Waals surface area contributed by atoms with Gasteiger partial charge in [-0.3, -0.25) is 9.00 Å². The lowest BCUT2D eigenvalue weighted by Crippen LogP contribution is -2.38. The molecule has 1 fully saturated rings. The van der Waals surface area contributed by atoms with Crippen LogP contribution >= 0.6 is 0 Å². The normalized spacial score (nSPS) is 16.5. The zero-order valence-corrected chi connectivity index (χ0v) is 15.4. The van der Waals surface area contributed by atoms with Gasteiger partial charge in [-0.2, -0.15) is 0 Å². The highest BCUT2D eigenvalue weighted by atomic mass is 32.2. The van der Waals surface area contributed by atoms with E-state index < -0.39 is 22.4 Å². The number of carbonyl (C=O) groups is 1. The molecule has 26 heavy (non-hydrogen) atoms. The van der Waals surface area contributed by atoms with Gasteiger partial charge in [0.1, 0.15) is 11.6 Å². The fourth-order valence-electron chi connectivity index (χ4n) is 3.23. The van der Waals surface area contributed by atoms with E-state index in [1.165, 1.54) is 0 Å². The molecule has 1 amide bonds. The fraction of sp³-hybridized carbons (Fsp3) is 0.350. The molecular formula is C20H21F2NO2S. The van der Waals surface area contributed by atoms with E-state index in [4.69, 9.17) is 0 Å². The second-order valence-corrected chi connectivity index (χ2v) is 8.11. The number of rotatable bonds is 4. The van der Waals surface area contributed by atoms with Crippen molar-refractivity contribution in [2.75, 3.05) is 18.8 Å². The third-order valence-corrected chi connectivity index (χ3v) is 6.38. The van der Waals surface area contributed by atoms with E-state index >= 15 is 0 Å². The van der Waals surface area contributed by atoms with Crippen molar-refractivity contribution in [3.05, 3.63) is 54.1 Å². The summed E-state index contributed by atoms with van der Waals surface area (Å²) in [6.45, 7) is 3.01.